The first kappa shape index (κ1) is 16.4. The van der Waals surface area contributed by atoms with Gasteiger partial charge in [-0.1, -0.05) is 41.5 Å². The SMILES string of the molecule is CC(C)=C1C[C@H](n2[nH]c(=O)n(-c3ccccc3)c2=O)[C@@H]2[C@H]1[C@H]1C=C[C@H]2C12CC2. The summed E-state index contributed by atoms with van der Waals surface area (Å²) in [7, 11) is 0. The zero-order valence-corrected chi connectivity index (χ0v) is 16.3. The van der Waals surface area contributed by atoms with Crippen LogP contribution in [0.25, 0.3) is 5.69 Å². The van der Waals surface area contributed by atoms with Crippen molar-refractivity contribution in [2.75, 3.05) is 0 Å². The molecule has 4 aliphatic carbocycles. The maximum absolute atomic E-state index is 13.3. The third-order valence-electron chi connectivity index (χ3n) is 7.98. The Morgan fingerprint density at radius 2 is 1.79 bits per heavy atom. The van der Waals surface area contributed by atoms with Crippen molar-refractivity contribution in [3.05, 3.63) is 74.6 Å². The van der Waals surface area contributed by atoms with Gasteiger partial charge in [-0.2, -0.15) is 0 Å². The molecule has 5 atom stereocenters. The minimum absolute atomic E-state index is 0.0393. The van der Waals surface area contributed by atoms with E-state index in [1.54, 1.807) is 16.8 Å². The topological polar surface area (TPSA) is 59.8 Å². The van der Waals surface area contributed by atoms with E-state index in [2.05, 4.69) is 31.1 Å². The van der Waals surface area contributed by atoms with Crippen molar-refractivity contribution >= 4 is 0 Å². The summed E-state index contributed by atoms with van der Waals surface area (Å²) >= 11 is 0. The molecule has 1 spiro atoms. The lowest BCUT2D eigenvalue weighted by Gasteiger charge is -2.26. The van der Waals surface area contributed by atoms with Gasteiger partial charge in [0.25, 0.3) is 0 Å². The van der Waals surface area contributed by atoms with Gasteiger partial charge in [0, 0.05) is 0 Å². The fourth-order valence-electron chi connectivity index (χ4n) is 6.76. The van der Waals surface area contributed by atoms with E-state index >= 15 is 0 Å². The summed E-state index contributed by atoms with van der Waals surface area (Å²) in [6.07, 6.45) is 8.35. The van der Waals surface area contributed by atoms with Gasteiger partial charge in [0.1, 0.15) is 0 Å². The smallest absolute Gasteiger partial charge is 0.246 e. The van der Waals surface area contributed by atoms with Crippen LogP contribution in [-0.4, -0.2) is 14.3 Å². The highest BCUT2D eigenvalue weighted by Crippen LogP contribution is 2.77. The maximum Gasteiger partial charge on any atom is 0.351 e. The number of rotatable bonds is 2. The number of aromatic amines is 1. The monoisotopic (exact) mass is 375 g/mol. The molecule has 0 radical (unpaired) electrons. The number of nitrogens with one attached hydrogen (secondary N) is 1. The predicted octanol–water partition coefficient (Wildman–Crippen LogP) is 3.44. The van der Waals surface area contributed by atoms with E-state index in [1.165, 1.54) is 28.6 Å². The summed E-state index contributed by atoms with van der Waals surface area (Å²) in [4.78, 5) is 26.0. The molecular weight excluding hydrogens is 350 g/mol. The van der Waals surface area contributed by atoms with Gasteiger partial charge in [0.05, 0.1) is 11.7 Å². The first-order valence-corrected chi connectivity index (χ1v) is 10.4. The number of nitrogens with zero attached hydrogens (tertiary/aromatic N) is 2. The van der Waals surface area contributed by atoms with Crippen LogP contribution in [0.15, 0.2) is 63.2 Å². The van der Waals surface area contributed by atoms with Crippen LogP contribution in [0, 0.1) is 29.1 Å². The Hall–Kier alpha value is -2.56. The number of hydrogen-bond acceptors (Lipinski definition) is 2. The molecule has 1 N–H and O–H groups in total. The van der Waals surface area contributed by atoms with Crippen molar-refractivity contribution in [1.29, 1.82) is 0 Å². The number of fused-ring (bicyclic) bond motifs is 3. The highest BCUT2D eigenvalue weighted by molar-refractivity contribution is 5.39. The summed E-state index contributed by atoms with van der Waals surface area (Å²) in [5.41, 5.74) is 3.37. The second-order valence-electron chi connectivity index (χ2n) is 9.31. The number of allylic oxidation sites excluding steroid dienone is 4. The molecule has 28 heavy (non-hydrogen) atoms. The standard InChI is InChI=1S/C23H25N3O2/c1-13(2)15-12-18(20-17-9-8-16(19(15)20)23(17)10-11-23)26-22(28)25(21(27)24-26)14-6-4-3-5-7-14/h3-9,16-20H,10-12H2,1-2H3,(H,24,27)/t16-,17-,18+,19-,20-/m1/s1. The lowest BCUT2D eigenvalue weighted by molar-refractivity contribution is 0.254. The van der Waals surface area contributed by atoms with Gasteiger partial charge < -0.3 is 0 Å². The Morgan fingerprint density at radius 3 is 2.46 bits per heavy atom. The first-order valence-electron chi connectivity index (χ1n) is 10.4. The fourth-order valence-corrected chi connectivity index (χ4v) is 6.76. The van der Waals surface area contributed by atoms with Crippen LogP contribution in [0.5, 0.6) is 0 Å². The van der Waals surface area contributed by atoms with Gasteiger partial charge in [-0.25, -0.2) is 23.9 Å². The summed E-state index contributed by atoms with van der Waals surface area (Å²) in [5, 5.41) is 2.90. The van der Waals surface area contributed by atoms with Crippen molar-refractivity contribution in [1.82, 2.24) is 14.3 Å². The Bertz CT molecular complexity index is 1140. The van der Waals surface area contributed by atoms with Crippen LogP contribution in [0.2, 0.25) is 0 Å². The van der Waals surface area contributed by atoms with E-state index in [0.29, 0.717) is 34.8 Å². The third kappa shape index (κ3) is 1.87. The second kappa shape index (κ2) is 5.28. The number of aromatic nitrogens is 3. The molecule has 3 saturated carbocycles. The normalized spacial score (nSPS) is 33.6. The Labute approximate surface area is 163 Å². The molecule has 0 aliphatic heterocycles. The van der Waals surface area contributed by atoms with Gasteiger partial charge in [-0.3, -0.25) is 0 Å². The summed E-state index contributed by atoms with van der Waals surface area (Å²) < 4.78 is 2.92. The highest BCUT2D eigenvalue weighted by Gasteiger charge is 2.70. The number of H-pyrrole nitrogens is 1. The van der Waals surface area contributed by atoms with Gasteiger partial charge in [-0.05, 0) is 74.3 Å². The van der Waals surface area contributed by atoms with E-state index in [9.17, 15) is 9.59 Å². The lowest BCUT2D eigenvalue weighted by Crippen LogP contribution is -2.32. The maximum atomic E-state index is 13.3. The van der Waals surface area contributed by atoms with Crippen molar-refractivity contribution in [2.24, 2.45) is 29.1 Å². The van der Waals surface area contributed by atoms with Crippen molar-refractivity contribution in [3.63, 3.8) is 0 Å². The molecule has 5 nitrogen and oxygen atoms in total. The second-order valence-corrected chi connectivity index (χ2v) is 9.31. The minimum atomic E-state index is -0.349. The molecule has 3 fully saturated rings. The average Bonchev–Trinajstić information content (AvgIpc) is 3.02. The quantitative estimate of drug-likeness (QED) is 0.818. The average molecular weight is 375 g/mol. The summed E-state index contributed by atoms with van der Waals surface area (Å²) in [6, 6.07) is 9.24. The fraction of sp³-hybridized carbons (Fsp3) is 0.478. The van der Waals surface area contributed by atoms with E-state index in [-0.39, 0.29) is 17.4 Å². The van der Waals surface area contributed by atoms with Crippen LogP contribution >= 0.6 is 0 Å². The first-order chi connectivity index (χ1) is 13.5. The number of hydrogen-bond donors (Lipinski definition) is 1. The molecule has 5 heteroatoms. The minimum Gasteiger partial charge on any atom is -0.246 e. The lowest BCUT2D eigenvalue weighted by atomic mass is 9.82. The van der Waals surface area contributed by atoms with Gasteiger partial charge >= 0.3 is 11.4 Å². The molecule has 144 valence electrons. The van der Waals surface area contributed by atoms with Crippen molar-refractivity contribution < 1.29 is 0 Å². The molecule has 0 amide bonds. The Kier molecular flexibility index (Phi) is 3.09. The van der Waals surface area contributed by atoms with Crippen LogP contribution in [0.3, 0.4) is 0 Å². The number of para-hydroxylation sites is 1. The molecule has 6 rings (SSSR count). The van der Waals surface area contributed by atoms with Gasteiger partial charge in [-0.15, -0.1) is 0 Å². The van der Waals surface area contributed by atoms with E-state index < -0.39 is 0 Å². The molecule has 4 aliphatic rings. The molecule has 2 aromatic rings. The van der Waals surface area contributed by atoms with Gasteiger partial charge in [0.2, 0.25) is 0 Å². The molecule has 1 aromatic heterocycles. The molecule has 0 unspecified atom stereocenters. The van der Waals surface area contributed by atoms with Crippen LogP contribution in [-0.2, 0) is 0 Å². The molecular formula is C23H25N3O2. The van der Waals surface area contributed by atoms with Crippen LogP contribution < -0.4 is 11.4 Å². The van der Waals surface area contributed by atoms with Crippen molar-refractivity contribution in [2.45, 2.75) is 39.2 Å². The van der Waals surface area contributed by atoms with Crippen LogP contribution in [0.1, 0.15) is 39.2 Å². The Morgan fingerprint density at radius 1 is 1.07 bits per heavy atom. The Balaban J connectivity index is 1.50. The number of benzene rings is 1. The van der Waals surface area contributed by atoms with Crippen LogP contribution in [0.4, 0.5) is 0 Å². The zero-order chi connectivity index (χ0) is 19.2. The largest absolute Gasteiger partial charge is 0.351 e. The molecule has 1 heterocycles. The van der Waals surface area contributed by atoms with E-state index in [4.69, 9.17) is 0 Å². The third-order valence-corrected chi connectivity index (χ3v) is 7.98. The summed E-state index contributed by atoms with van der Waals surface area (Å²) in [5.74, 6) is 2.11. The van der Waals surface area contributed by atoms with E-state index in [1.807, 2.05) is 18.2 Å². The zero-order valence-electron chi connectivity index (χ0n) is 16.3. The van der Waals surface area contributed by atoms with Gasteiger partial charge in [0.15, 0.2) is 0 Å². The molecule has 0 saturated heterocycles. The highest BCUT2D eigenvalue weighted by atomic mass is 16.2. The molecule has 2 bridgehead atoms. The van der Waals surface area contributed by atoms with E-state index in [0.717, 1.165) is 6.42 Å². The molecule has 1 aromatic carbocycles. The summed E-state index contributed by atoms with van der Waals surface area (Å²) in [6.45, 7) is 4.40. The van der Waals surface area contributed by atoms with Crippen molar-refractivity contribution in [3.8, 4) is 5.69 Å². The predicted molar refractivity (Wildman–Crippen MR) is 107 cm³/mol.